The first kappa shape index (κ1) is 12.3. The summed E-state index contributed by atoms with van der Waals surface area (Å²) in [6.07, 6.45) is 7.06. The Kier molecular flexibility index (Phi) is 2.85. The van der Waals surface area contributed by atoms with Crippen molar-refractivity contribution in [3.05, 3.63) is 41.0 Å². The first-order chi connectivity index (χ1) is 9.19. The van der Waals surface area contributed by atoms with E-state index in [1.807, 2.05) is 6.07 Å². The van der Waals surface area contributed by atoms with Crippen molar-refractivity contribution in [1.29, 1.82) is 0 Å². The number of rotatable bonds is 1. The second-order valence-electron chi connectivity index (χ2n) is 5.63. The van der Waals surface area contributed by atoms with Crippen molar-refractivity contribution in [2.75, 3.05) is 7.11 Å². The van der Waals surface area contributed by atoms with Gasteiger partial charge in [-0.2, -0.15) is 5.10 Å². The number of benzene rings is 1. The number of ether oxygens (including phenoxy) is 1. The van der Waals surface area contributed by atoms with Crippen LogP contribution in [0.4, 0.5) is 0 Å². The van der Waals surface area contributed by atoms with E-state index >= 15 is 0 Å². The molecule has 0 heterocycles. The molecule has 0 aliphatic heterocycles. The average molecular weight is 256 g/mol. The molecule has 1 saturated carbocycles. The summed E-state index contributed by atoms with van der Waals surface area (Å²) in [7, 11) is 1.71. The normalized spacial score (nSPS) is 27.5. The molecule has 0 aromatic heterocycles. The predicted molar refractivity (Wildman–Crippen MR) is 77.6 cm³/mol. The van der Waals surface area contributed by atoms with Gasteiger partial charge in [-0.3, -0.25) is 0 Å². The maximum Gasteiger partial charge on any atom is 0.119 e. The summed E-state index contributed by atoms with van der Waals surface area (Å²) in [6.45, 7) is 2.34. The highest BCUT2D eigenvalue weighted by atomic mass is 16.5. The number of allylic oxidation sites excluding steroid dienone is 2. The third kappa shape index (κ3) is 1.76. The molecule has 3 heteroatoms. The molecule has 0 saturated heterocycles. The first-order valence-electron chi connectivity index (χ1n) is 6.87. The van der Waals surface area contributed by atoms with Gasteiger partial charge < -0.3 is 10.6 Å². The Hall–Kier alpha value is -1.77. The molecule has 3 nitrogen and oxygen atoms in total. The van der Waals surface area contributed by atoms with Gasteiger partial charge in [0.05, 0.1) is 12.8 Å². The van der Waals surface area contributed by atoms with Crippen LogP contribution in [-0.4, -0.2) is 12.8 Å². The van der Waals surface area contributed by atoms with Gasteiger partial charge in [0.1, 0.15) is 5.75 Å². The Morgan fingerprint density at radius 1 is 1.32 bits per heavy atom. The zero-order chi connectivity index (χ0) is 13.5. The Labute approximate surface area is 114 Å². The summed E-state index contributed by atoms with van der Waals surface area (Å²) >= 11 is 0. The summed E-state index contributed by atoms with van der Waals surface area (Å²) in [4.78, 5) is 0. The highest BCUT2D eigenvalue weighted by Crippen LogP contribution is 2.47. The topological polar surface area (TPSA) is 47.6 Å². The van der Waals surface area contributed by atoms with Gasteiger partial charge in [0, 0.05) is 11.0 Å². The highest BCUT2D eigenvalue weighted by Gasteiger charge is 2.38. The maximum absolute atomic E-state index is 5.57. The molecular formula is C16H20N2O. The first-order valence-corrected chi connectivity index (χ1v) is 6.87. The second kappa shape index (κ2) is 4.41. The van der Waals surface area contributed by atoms with Crippen molar-refractivity contribution in [2.45, 2.75) is 38.0 Å². The minimum atomic E-state index is 0.121. The van der Waals surface area contributed by atoms with Gasteiger partial charge in [-0.25, -0.2) is 0 Å². The summed E-state index contributed by atoms with van der Waals surface area (Å²) in [5.41, 5.74) is 4.94. The van der Waals surface area contributed by atoms with E-state index in [4.69, 9.17) is 10.6 Å². The number of nitrogens with two attached hydrogens (primary N) is 1. The highest BCUT2D eigenvalue weighted by molar-refractivity contribution is 6.12. The van der Waals surface area contributed by atoms with Crippen molar-refractivity contribution in [3.8, 4) is 5.75 Å². The van der Waals surface area contributed by atoms with E-state index < -0.39 is 0 Å². The lowest BCUT2D eigenvalue weighted by Crippen LogP contribution is -2.34. The van der Waals surface area contributed by atoms with E-state index in [1.54, 1.807) is 7.11 Å². The van der Waals surface area contributed by atoms with Crippen LogP contribution in [0.1, 0.15) is 43.7 Å². The maximum atomic E-state index is 5.57. The van der Waals surface area contributed by atoms with Crippen LogP contribution in [0.25, 0.3) is 0 Å². The summed E-state index contributed by atoms with van der Waals surface area (Å²) < 4.78 is 5.38. The zero-order valence-corrected chi connectivity index (χ0v) is 11.6. The molecule has 2 N–H and O–H groups in total. The van der Waals surface area contributed by atoms with E-state index in [2.05, 4.69) is 30.2 Å². The Morgan fingerprint density at radius 3 is 2.89 bits per heavy atom. The van der Waals surface area contributed by atoms with E-state index in [-0.39, 0.29) is 5.41 Å². The van der Waals surface area contributed by atoms with Crippen LogP contribution in [-0.2, 0) is 5.41 Å². The van der Waals surface area contributed by atoms with Gasteiger partial charge >= 0.3 is 0 Å². The van der Waals surface area contributed by atoms with E-state index in [9.17, 15) is 0 Å². The van der Waals surface area contributed by atoms with Crippen LogP contribution in [0.2, 0.25) is 0 Å². The van der Waals surface area contributed by atoms with Crippen LogP contribution in [0, 0.1) is 0 Å². The quantitative estimate of drug-likeness (QED) is 0.620. The minimum Gasteiger partial charge on any atom is -0.497 e. The van der Waals surface area contributed by atoms with Crippen molar-refractivity contribution in [1.82, 2.24) is 0 Å². The fourth-order valence-corrected chi connectivity index (χ4v) is 3.45. The Bertz CT molecular complexity index is 574. The van der Waals surface area contributed by atoms with Crippen LogP contribution in [0.3, 0.4) is 0 Å². The van der Waals surface area contributed by atoms with Gasteiger partial charge in [-0.05, 0) is 49.1 Å². The Balaban J connectivity index is 2.23. The van der Waals surface area contributed by atoms with E-state index in [1.165, 1.54) is 30.4 Å². The van der Waals surface area contributed by atoms with Gasteiger partial charge in [0.2, 0.25) is 0 Å². The number of nitrogens with zero attached hydrogens (tertiary/aromatic N) is 1. The molecular weight excluding hydrogens is 236 g/mol. The number of hydrogen-bond donors (Lipinski definition) is 1. The lowest BCUT2D eigenvalue weighted by Gasteiger charge is -2.41. The molecule has 100 valence electrons. The number of methoxy groups -OCH3 is 1. The fourth-order valence-electron chi connectivity index (χ4n) is 3.45. The van der Waals surface area contributed by atoms with Crippen LogP contribution in [0.5, 0.6) is 5.75 Å². The molecule has 1 atom stereocenters. The van der Waals surface area contributed by atoms with Crippen molar-refractivity contribution < 1.29 is 4.74 Å². The summed E-state index contributed by atoms with van der Waals surface area (Å²) in [6, 6.07) is 6.21. The number of hydrogen-bond acceptors (Lipinski definition) is 3. The van der Waals surface area contributed by atoms with Crippen molar-refractivity contribution in [2.24, 2.45) is 10.9 Å². The fraction of sp³-hybridized carbons (Fsp3) is 0.438. The van der Waals surface area contributed by atoms with E-state index in [0.717, 1.165) is 23.4 Å². The lowest BCUT2D eigenvalue weighted by molar-refractivity contribution is 0.398. The molecule has 2 aliphatic carbocycles. The molecule has 0 spiro atoms. The van der Waals surface area contributed by atoms with Gasteiger partial charge in [0.25, 0.3) is 0 Å². The van der Waals surface area contributed by atoms with Gasteiger partial charge in [-0.15, -0.1) is 0 Å². The third-order valence-corrected chi connectivity index (χ3v) is 4.63. The van der Waals surface area contributed by atoms with Crippen molar-refractivity contribution >= 4 is 5.71 Å². The van der Waals surface area contributed by atoms with Gasteiger partial charge in [-0.1, -0.05) is 18.9 Å². The standard InChI is InChI=1S/C16H20N2O/c1-16-8-4-3-5-11(16)9-15(18-17)13-7-6-12(19-2)10-14(13)16/h6-7,9-10H,3-5,8,17H2,1-2H3/t16-/m0/s1. The van der Waals surface area contributed by atoms with Gasteiger partial charge in [0.15, 0.2) is 0 Å². The summed E-state index contributed by atoms with van der Waals surface area (Å²) in [5.74, 6) is 6.47. The molecule has 0 bridgehead atoms. The molecule has 0 radical (unpaired) electrons. The van der Waals surface area contributed by atoms with Crippen molar-refractivity contribution in [3.63, 3.8) is 0 Å². The third-order valence-electron chi connectivity index (χ3n) is 4.63. The molecule has 3 rings (SSSR count). The molecule has 0 unspecified atom stereocenters. The SMILES string of the molecule is COc1ccc2c(c1)[C@@]1(C)CCCCC1=CC2=NN. The second-order valence-corrected chi connectivity index (χ2v) is 5.63. The molecule has 0 amide bonds. The molecule has 2 aliphatic rings. The lowest BCUT2D eigenvalue weighted by atomic mass is 9.63. The Morgan fingerprint density at radius 2 is 2.16 bits per heavy atom. The molecule has 19 heavy (non-hydrogen) atoms. The predicted octanol–water partition coefficient (Wildman–Crippen LogP) is 3.13. The average Bonchev–Trinajstić information content (AvgIpc) is 2.46. The molecule has 1 aromatic rings. The number of hydrazone groups is 1. The number of fused-ring (bicyclic) bond motifs is 3. The summed E-state index contributed by atoms with van der Waals surface area (Å²) in [5, 5.41) is 3.97. The van der Waals surface area contributed by atoms with Crippen LogP contribution in [0.15, 0.2) is 34.9 Å². The molecule has 1 fully saturated rings. The zero-order valence-electron chi connectivity index (χ0n) is 11.6. The minimum absolute atomic E-state index is 0.121. The monoisotopic (exact) mass is 256 g/mol. The smallest absolute Gasteiger partial charge is 0.119 e. The largest absolute Gasteiger partial charge is 0.497 e. The molecule has 1 aromatic carbocycles. The van der Waals surface area contributed by atoms with E-state index in [0.29, 0.717) is 0 Å². The van der Waals surface area contributed by atoms with Crippen LogP contribution >= 0.6 is 0 Å². The van der Waals surface area contributed by atoms with Crippen LogP contribution < -0.4 is 10.6 Å².